The van der Waals surface area contributed by atoms with Gasteiger partial charge >= 0.3 is 12.2 Å². The van der Waals surface area contributed by atoms with Crippen molar-refractivity contribution in [2.75, 3.05) is 10.6 Å². The average Bonchev–Trinajstić information content (AvgIpc) is 2.27. The maximum Gasteiger partial charge on any atom is 0.413 e. The highest BCUT2D eigenvalue weighted by molar-refractivity contribution is 9.10. The second-order valence-electron chi connectivity index (χ2n) is 6.79. The molecule has 128 valence electrons. The van der Waals surface area contributed by atoms with E-state index in [1.807, 2.05) is 0 Å². The first-order valence-corrected chi connectivity index (χ1v) is 7.81. The van der Waals surface area contributed by atoms with Crippen LogP contribution >= 0.6 is 15.9 Å². The number of hydrogen-bond donors (Lipinski definition) is 2. The number of rotatable bonds is 2. The number of halogens is 1. The molecule has 0 bridgehead atoms. The van der Waals surface area contributed by atoms with Gasteiger partial charge in [0.1, 0.15) is 21.6 Å². The zero-order valence-corrected chi connectivity index (χ0v) is 15.7. The molecule has 0 aliphatic heterocycles. The number of nitrogens with zero attached hydrogens (tertiary/aromatic N) is 1. The fourth-order valence-corrected chi connectivity index (χ4v) is 1.84. The van der Waals surface area contributed by atoms with Crippen LogP contribution in [0.1, 0.15) is 41.5 Å². The van der Waals surface area contributed by atoms with Gasteiger partial charge in [0.15, 0.2) is 0 Å². The Morgan fingerprint density at radius 3 is 1.87 bits per heavy atom. The van der Waals surface area contributed by atoms with Crippen molar-refractivity contribution in [3.8, 4) is 0 Å². The summed E-state index contributed by atoms with van der Waals surface area (Å²) in [4.78, 5) is 27.5. The number of amides is 2. The van der Waals surface area contributed by atoms with Gasteiger partial charge in [-0.25, -0.2) is 14.6 Å². The van der Waals surface area contributed by atoms with Gasteiger partial charge in [-0.05, 0) is 69.6 Å². The lowest BCUT2D eigenvalue weighted by Gasteiger charge is -2.20. The van der Waals surface area contributed by atoms with E-state index >= 15 is 0 Å². The van der Waals surface area contributed by atoms with E-state index in [1.165, 1.54) is 0 Å². The van der Waals surface area contributed by atoms with Gasteiger partial charge in [-0.3, -0.25) is 10.6 Å². The molecule has 23 heavy (non-hydrogen) atoms. The van der Waals surface area contributed by atoms with Gasteiger partial charge in [0.25, 0.3) is 0 Å². The third-order valence-electron chi connectivity index (χ3n) is 2.11. The Bertz CT molecular complexity index is 591. The molecule has 0 saturated carbocycles. The van der Waals surface area contributed by atoms with Crippen molar-refractivity contribution in [1.29, 1.82) is 0 Å². The monoisotopic (exact) mass is 387 g/mol. The summed E-state index contributed by atoms with van der Waals surface area (Å²) in [7, 11) is 0. The van der Waals surface area contributed by atoms with Crippen molar-refractivity contribution < 1.29 is 19.1 Å². The summed E-state index contributed by atoms with van der Waals surface area (Å²) in [6.07, 6.45) is -1.20. The first-order chi connectivity index (χ1) is 10.4. The van der Waals surface area contributed by atoms with Gasteiger partial charge in [-0.1, -0.05) is 0 Å². The molecule has 0 saturated heterocycles. The lowest BCUT2D eigenvalue weighted by Crippen LogP contribution is -2.28. The molecule has 2 amide bonds. The third-order valence-corrected chi connectivity index (χ3v) is 2.72. The molecule has 0 fully saturated rings. The predicted octanol–water partition coefficient (Wildman–Crippen LogP) is 4.54. The van der Waals surface area contributed by atoms with Crippen LogP contribution in [-0.4, -0.2) is 28.4 Å². The van der Waals surface area contributed by atoms with Crippen molar-refractivity contribution in [3.63, 3.8) is 0 Å². The van der Waals surface area contributed by atoms with Crippen LogP contribution in [0.15, 0.2) is 16.7 Å². The summed E-state index contributed by atoms with van der Waals surface area (Å²) in [6.45, 7) is 10.6. The second kappa shape index (κ2) is 7.16. The predicted molar refractivity (Wildman–Crippen MR) is 91.7 cm³/mol. The first kappa shape index (κ1) is 19.2. The molecule has 1 heterocycles. The minimum absolute atomic E-state index is 0.292. The van der Waals surface area contributed by atoms with Gasteiger partial charge in [-0.15, -0.1) is 0 Å². The van der Waals surface area contributed by atoms with E-state index in [0.717, 1.165) is 0 Å². The van der Waals surface area contributed by atoms with Crippen molar-refractivity contribution in [3.05, 3.63) is 16.7 Å². The van der Waals surface area contributed by atoms with E-state index in [0.29, 0.717) is 16.1 Å². The van der Waals surface area contributed by atoms with E-state index in [2.05, 4.69) is 31.5 Å². The topological polar surface area (TPSA) is 89.6 Å². The number of hydrogen-bond acceptors (Lipinski definition) is 5. The molecule has 0 aliphatic carbocycles. The van der Waals surface area contributed by atoms with Crippen molar-refractivity contribution >= 4 is 39.6 Å². The quantitative estimate of drug-likeness (QED) is 0.727. The van der Waals surface area contributed by atoms with Crippen LogP contribution in [0, 0.1) is 0 Å². The van der Waals surface area contributed by atoms with Gasteiger partial charge in [0.2, 0.25) is 0 Å². The fraction of sp³-hybridized carbons (Fsp3) is 0.533. The van der Waals surface area contributed by atoms with Gasteiger partial charge in [-0.2, -0.15) is 0 Å². The minimum Gasteiger partial charge on any atom is -0.444 e. The Labute approximate surface area is 144 Å². The maximum absolute atomic E-state index is 11.7. The lowest BCUT2D eigenvalue weighted by atomic mass is 10.2. The maximum atomic E-state index is 11.7. The number of pyridine rings is 1. The molecule has 0 atom stereocenters. The van der Waals surface area contributed by atoms with Crippen LogP contribution in [-0.2, 0) is 9.47 Å². The number of nitrogens with one attached hydrogen (secondary N) is 2. The second-order valence-corrected chi connectivity index (χ2v) is 7.54. The zero-order chi connectivity index (χ0) is 17.8. The zero-order valence-electron chi connectivity index (χ0n) is 14.1. The number of anilines is 2. The number of carbonyl (C=O) groups is 2. The molecule has 7 nitrogen and oxygen atoms in total. The molecule has 0 unspecified atom stereocenters. The van der Waals surface area contributed by atoms with E-state index in [4.69, 9.17) is 9.47 Å². The molecule has 1 aromatic rings. The van der Waals surface area contributed by atoms with Crippen LogP contribution in [0.25, 0.3) is 0 Å². The SMILES string of the molecule is CC(C)(C)OC(=O)Nc1ccc(NC(=O)OC(C)(C)C)c(Br)n1. The van der Waals surface area contributed by atoms with Crippen LogP contribution in [0.3, 0.4) is 0 Å². The van der Waals surface area contributed by atoms with E-state index in [1.54, 1.807) is 53.7 Å². The highest BCUT2D eigenvalue weighted by Gasteiger charge is 2.19. The van der Waals surface area contributed by atoms with Gasteiger partial charge in [0.05, 0.1) is 5.69 Å². The Kier molecular flexibility index (Phi) is 5.98. The lowest BCUT2D eigenvalue weighted by molar-refractivity contribution is 0.0623. The van der Waals surface area contributed by atoms with Gasteiger partial charge in [0, 0.05) is 0 Å². The van der Waals surface area contributed by atoms with Crippen LogP contribution < -0.4 is 10.6 Å². The van der Waals surface area contributed by atoms with Crippen molar-refractivity contribution in [2.24, 2.45) is 0 Å². The van der Waals surface area contributed by atoms with Crippen LogP contribution in [0.5, 0.6) is 0 Å². The standard InChI is InChI=1S/C15H22BrN3O4/c1-14(2,3)22-12(20)17-9-7-8-10(18-11(9)16)19-13(21)23-15(4,5)6/h7-8H,1-6H3,(H,17,20)(H,18,19,21). The van der Waals surface area contributed by atoms with E-state index in [9.17, 15) is 9.59 Å². The molecule has 0 aliphatic rings. The highest BCUT2D eigenvalue weighted by atomic mass is 79.9. The Balaban J connectivity index is 2.71. The van der Waals surface area contributed by atoms with E-state index < -0.39 is 23.4 Å². The summed E-state index contributed by atoms with van der Waals surface area (Å²) in [5, 5.41) is 5.08. The summed E-state index contributed by atoms with van der Waals surface area (Å²) in [5.74, 6) is 0.292. The smallest absolute Gasteiger partial charge is 0.413 e. The summed E-state index contributed by atoms with van der Waals surface area (Å²) in [5.41, 5.74) is -0.768. The highest BCUT2D eigenvalue weighted by Crippen LogP contribution is 2.23. The molecule has 0 spiro atoms. The number of aromatic nitrogens is 1. The average molecular weight is 388 g/mol. The summed E-state index contributed by atoms with van der Waals surface area (Å²) < 4.78 is 10.7. The number of carbonyl (C=O) groups excluding carboxylic acids is 2. The molecule has 1 rings (SSSR count). The molecule has 2 N–H and O–H groups in total. The molecule has 8 heteroatoms. The summed E-state index contributed by atoms with van der Waals surface area (Å²) in [6, 6.07) is 3.13. The van der Waals surface area contributed by atoms with Crippen LogP contribution in [0.2, 0.25) is 0 Å². The first-order valence-electron chi connectivity index (χ1n) is 7.02. The molecular weight excluding hydrogens is 366 g/mol. The molecular formula is C15H22BrN3O4. The van der Waals surface area contributed by atoms with Crippen molar-refractivity contribution in [1.82, 2.24) is 4.98 Å². The minimum atomic E-state index is -0.607. The summed E-state index contributed by atoms with van der Waals surface area (Å²) >= 11 is 3.23. The Morgan fingerprint density at radius 1 is 0.957 bits per heavy atom. The van der Waals surface area contributed by atoms with E-state index in [-0.39, 0.29) is 0 Å². The van der Waals surface area contributed by atoms with Gasteiger partial charge < -0.3 is 9.47 Å². The largest absolute Gasteiger partial charge is 0.444 e. The van der Waals surface area contributed by atoms with Crippen LogP contribution in [0.4, 0.5) is 21.1 Å². The Hall–Kier alpha value is -1.83. The molecule has 0 radical (unpaired) electrons. The molecule has 0 aromatic carbocycles. The normalized spacial score (nSPS) is 11.6. The third kappa shape index (κ3) is 7.83. The Morgan fingerprint density at radius 2 is 1.43 bits per heavy atom. The molecule has 1 aromatic heterocycles. The van der Waals surface area contributed by atoms with Crippen molar-refractivity contribution in [2.45, 2.75) is 52.7 Å². The fourth-order valence-electron chi connectivity index (χ4n) is 1.42. The number of ether oxygens (including phenoxy) is 2.